The van der Waals surface area contributed by atoms with E-state index in [1.807, 2.05) is 0 Å². The number of alkyl halides is 3. The van der Waals surface area contributed by atoms with Gasteiger partial charge < -0.3 is 20.5 Å². The number of hydrogen-bond acceptors (Lipinski definition) is 6. The molecule has 0 aliphatic carbocycles. The highest BCUT2D eigenvalue weighted by molar-refractivity contribution is 6.31. The van der Waals surface area contributed by atoms with Crippen molar-refractivity contribution in [2.45, 2.75) is 24.7 Å². The minimum Gasteiger partial charge on any atom is -0.475 e. The minimum atomic E-state index is -5.08. The summed E-state index contributed by atoms with van der Waals surface area (Å²) in [6.07, 6.45) is -5.59. The first-order valence-electron chi connectivity index (χ1n) is 11.4. The number of likely N-dealkylation sites (tertiary alicyclic amines) is 1. The third-order valence-corrected chi connectivity index (χ3v) is 6.43. The number of fused-ring (bicyclic) bond motifs is 2. The van der Waals surface area contributed by atoms with Crippen molar-refractivity contribution >= 4 is 41.1 Å². The second-order valence-corrected chi connectivity index (χ2v) is 9.19. The van der Waals surface area contributed by atoms with E-state index in [0.29, 0.717) is 11.3 Å². The van der Waals surface area contributed by atoms with Crippen molar-refractivity contribution in [2.75, 3.05) is 24.1 Å². The van der Waals surface area contributed by atoms with Gasteiger partial charge in [0.15, 0.2) is 11.4 Å². The van der Waals surface area contributed by atoms with Crippen LogP contribution in [-0.4, -0.2) is 57.0 Å². The van der Waals surface area contributed by atoms with E-state index in [0.717, 1.165) is 0 Å². The number of aromatic nitrogens is 2. The zero-order chi connectivity index (χ0) is 29.4. The first kappa shape index (κ1) is 28.6. The van der Waals surface area contributed by atoms with Gasteiger partial charge in [0.05, 0.1) is 28.5 Å². The van der Waals surface area contributed by atoms with Crippen LogP contribution in [0.15, 0.2) is 42.5 Å². The molecule has 212 valence electrons. The number of rotatable bonds is 3. The SMILES string of the molecule is Nc1cc(-c2ccc(F)cc2)nn1CC(=O)N1CC[C@@]2(C1)OC(=O)Nc1ccc(Cl)c(F)c12.O=C(O)C(F)(F)F. The van der Waals surface area contributed by atoms with E-state index in [1.165, 1.54) is 33.8 Å². The normalized spacial score (nSPS) is 17.9. The van der Waals surface area contributed by atoms with E-state index in [-0.39, 0.29) is 59.9 Å². The number of carbonyl (C=O) groups excluding carboxylic acids is 2. The lowest BCUT2D eigenvalue weighted by Gasteiger charge is -2.35. The van der Waals surface area contributed by atoms with Gasteiger partial charge in [0.1, 0.15) is 18.2 Å². The largest absolute Gasteiger partial charge is 0.490 e. The standard InChI is InChI=1S/C22H18ClF2N5O3.C2HF3O2/c23-14-5-6-15-19(20(14)25)22(33-21(32)27-15)7-8-29(11-22)18(31)10-30-17(26)9-16(28-30)12-1-3-13(24)4-2-12;3-2(4,5)1(6)7/h1-6,9H,7-8,10-11,26H2,(H,27,32);(H,6,7)/t22-;/m0./s1. The summed E-state index contributed by atoms with van der Waals surface area (Å²) in [5, 5.41) is 13.8. The second kappa shape index (κ2) is 10.6. The summed E-state index contributed by atoms with van der Waals surface area (Å²) in [4.78, 5) is 35.5. The summed E-state index contributed by atoms with van der Waals surface area (Å²) in [6.45, 7) is 0.0409. The zero-order valence-corrected chi connectivity index (χ0v) is 20.9. The predicted octanol–water partition coefficient (Wildman–Crippen LogP) is 4.39. The molecule has 1 fully saturated rings. The molecule has 3 heterocycles. The molecule has 4 N–H and O–H groups in total. The molecule has 10 nitrogen and oxygen atoms in total. The van der Waals surface area contributed by atoms with Crippen LogP contribution in [0.2, 0.25) is 5.02 Å². The fourth-order valence-corrected chi connectivity index (χ4v) is 4.45. The maximum atomic E-state index is 14.9. The molecule has 40 heavy (non-hydrogen) atoms. The van der Waals surface area contributed by atoms with Crippen molar-refractivity contribution in [3.63, 3.8) is 0 Å². The second-order valence-electron chi connectivity index (χ2n) is 8.78. The number of nitrogen functional groups attached to an aromatic ring is 1. The molecule has 0 bridgehead atoms. The highest BCUT2D eigenvalue weighted by Gasteiger charge is 2.50. The minimum absolute atomic E-state index is 0.0322. The van der Waals surface area contributed by atoms with Crippen molar-refractivity contribution < 1.29 is 46.2 Å². The monoisotopic (exact) mass is 587 g/mol. The zero-order valence-electron chi connectivity index (χ0n) is 20.1. The number of anilines is 2. The molecule has 1 aromatic heterocycles. The Balaban J connectivity index is 0.000000470. The first-order valence-corrected chi connectivity index (χ1v) is 11.7. The van der Waals surface area contributed by atoms with E-state index in [9.17, 15) is 31.5 Å². The number of nitrogens with zero attached hydrogens (tertiary/aromatic N) is 3. The number of halogens is 6. The van der Waals surface area contributed by atoms with Crippen molar-refractivity contribution in [2.24, 2.45) is 0 Å². The number of carbonyl (C=O) groups is 3. The molecule has 1 spiro atoms. The van der Waals surface area contributed by atoms with Crippen LogP contribution in [0.3, 0.4) is 0 Å². The van der Waals surface area contributed by atoms with Gasteiger partial charge in [-0.1, -0.05) is 11.6 Å². The van der Waals surface area contributed by atoms with E-state index >= 15 is 0 Å². The number of carboxylic acid groups (broad SMARTS) is 1. The summed E-state index contributed by atoms with van der Waals surface area (Å²) in [5.74, 6) is -3.89. The molecule has 5 rings (SSSR count). The van der Waals surface area contributed by atoms with Crippen LogP contribution < -0.4 is 11.1 Å². The molecule has 2 aliphatic heterocycles. The molecule has 16 heteroatoms. The predicted molar refractivity (Wildman–Crippen MR) is 130 cm³/mol. The van der Waals surface area contributed by atoms with Gasteiger partial charge in [-0.3, -0.25) is 10.1 Å². The van der Waals surface area contributed by atoms with Gasteiger partial charge in [-0.2, -0.15) is 18.3 Å². The van der Waals surface area contributed by atoms with Crippen LogP contribution in [0.1, 0.15) is 12.0 Å². The van der Waals surface area contributed by atoms with Crippen LogP contribution in [-0.2, 0) is 26.5 Å². The molecule has 0 unspecified atom stereocenters. The number of hydrogen-bond donors (Lipinski definition) is 3. The fourth-order valence-electron chi connectivity index (χ4n) is 4.29. The summed E-state index contributed by atoms with van der Waals surface area (Å²) in [5.41, 5.74) is 6.23. The van der Waals surface area contributed by atoms with Gasteiger partial charge in [0.2, 0.25) is 5.91 Å². The van der Waals surface area contributed by atoms with Crippen LogP contribution >= 0.6 is 11.6 Å². The summed E-state index contributed by atoms with van der Waals surface area (Å²) < 4.78 is 66.7. The van der Waals surface area contributed by atoms with E-state index in [1.54, 1.807) is 18.2 Å². The number of amides is 2. The quantitative estimate of drug-likeness (QED) is 0.386. The Hall–Kier alpha value is -4.40. The number of ether oxygens (including phenoxy) is 1. The van der Waals surface area contributed by atoms with Crippen molar-refractivity contribution in [1.82, 2.24) is 14.7 Å². The fraction of sp³-hybridized carbons (Fsp3) is 0.250. The Morgan fingerprint density at radius 1 is 1.18 bits per heavy atom. The lowest BCUT2D eigenvalue weighted by atomic mass is 9.89. The Labute approximate surface area is 227 Å². The smallest absolute Gasteiger partial charge is 0.475 e. The molecular weight excluding hydrogens is 569 g/mol. The molecule has 0 saturated carbocycles. The molecular formula is C24H19ClF5N5O5. The Morgan fingerprint density at radius 3 is 2.45 bits per heavy atom. The average Bonchev–Trinajstić information content (AvgIpc) is 3.45. The summed E-state index contributed by atoms with van der Waals surface area (Å²) >= 11 is 5.96. The summed E-state index contributed by atoms with van der Waals surface area (Å²) in [6, 6.07) is 10.2. The Bertz CT molecular complexity index is 1480. The maximum Gasteiger partial charge on any atom is 0.490 e. The van der Waals surface area contributed by atoms with Crippen LogP contribution in [0.4, 0.5) is 38.3 Å². The van der Waals surface area contributed by atoms with Gasteiger partial charge >= 0.3 is 18.2 Å². The number of nitrogens with one attached hydrogen (secondary N) is 1. The third kappa shape index (κ3) is 5.78. The Kier molecular flexibility index (Phi) is 7.61. The topological polar surface area (TPSA) is 140 Å². The average molecular weight is 588 g/mol. The molecule has 2 amide bonds. The lowest BCUT2D eigenvalue weighted by molar-refractivity contribution is -0.192. The van der Waals surface area contributed by atoms with Gasteiger partial charge in [-0.05, 0) is 36.4 Å². The maximum absolute atomic E-state index is 14.9. The van der Waals surface area contributed by atoms with E-state index in [4.69, 9.17) is 32.0 Å². The van der Waals surface area contributed by atoms with Crippen LogP contribution in [0.5, 0.6) is 0 Å². The van der Waals surface area contributed by atoms with Crippen molar-refractivity contribution in [3.05, 3.63) is 64.7 Å². The number of aliphatic carboxylic acids is 1. The summed E-state index contributed by atoms with van der Waals surface area (Å²) in [7, 11) is 0. The van der Waals surface area contributed by atoms with Crippen LogP contribution in [0, 0.1) is 11.6 Å². The highest BCUT2D eigenvalue weighted by atomic mass is 35.5. The highest BCUT2D eigenvalue weighted by Crippen LogP contribution is 2.45. The van der Waals surface area contributed by atoms with E-state index < -0.39 is 29.7 Å². The number of carboxylic acids is 1. The van der Waals surface area contributed by atoms with Gasteiger partial charge in [0, 0.05) is 24.6 Å². The van der Waals surface area contributed by atoms with Crippen molar-refractivity contribution in [1.29, 1.82) is 0 Å². The number of nitrogens with two attached hydrogens (primary N) is 1. The molecule has 2 aromatic carbocycles. The van der Waals surface area contributed by atoms with Gasteiger partial charge in [0.25, 0.3) is 0 Å². The molecule has 1 saturated heterocycles. The molecule has 3 aromatic rings. The lowest BCUT2D eigenvalue weighted by Crippen LogP contribution is -2.44. The first-order chi connectivity index (χ1) is 18.7. The van der Waals surface area contributed by atoms with Crippen molar-refractivity contribution in [3.8, 4) is 11.3 Å². The van der Waals surface area contributed by atoms with Gasteiger partial charge in [-0.15, -0.1) is 0 Å². The van der Waals surface area contributed by atoms with Gasteiger partial charge in [-0.25, -0.2) is 23.1 Å². The molecule has 2 aliphatic rings. The molecule has 0 radical (unpaired) electrons. The Morgan fingerprint density at radius 2 is 1.82 bits per heavy atom. The van der Waals surface area contributed by atoms with E-state index in [2.05, 4.69) is 10.4 Å². The van der Waals surface area contributed by atoms with Crippen LogP contribution in [0.25, 0.3) is 11.3 Å². The number of benzene rings is 2. The molecule has 1 atom stereocenters. The third-order valence-electron chi connectivity index (χ3n) is 6.14.